The third-order valence-electron chi connectivity index (χ3n) is 3.32. The van der Waals surface area contributed by atoms with Crippen LogP contribution in [0.25, 0.3) is 0 Å². The summed E-state index contributed by atoms with van der Waals surface area (Å²) in [4.78, 5) is 18.4. The van der Waals surface area contributed by atoms with Gasteiger partial charge in [-0.2, -0.15) is 0 Å². The molecular formula is C16H19N3O2. The molecule has 1 aromatic carbocycles. The first kappa shape index (κ1) is 15.0. The van der Waals surface area contributed by atoms with E-state index in [4.69, 9.17) is 5.73 Å². The van der Waals surface area contributed by atoms with Gasteiger partial charge in [0, 0.05) is 30.9 Å². The molecule has 0 saturated carbocycles. The number of nitrogens with two attached hydrogens (primary N) is 1. The number of amides is 1. The van der Waals surface area contributed by atoms with E-state index in [0.717, 1.165) is 5.56 Å². The first-order chi connectivity index (χ1) is 10.1. The molecule has 0 saturated heterocycles. The van der Waals surface area contributed by atoms with Gasteiger partial charge in [0.15, 0.2) is 0 Å². The number of phenols is 1. The van der Waals surface area contributed by atoms with E-state index >= 15 is 0 Å². The maximum absolute atomic E-state index is 12.7. The van der Waals surface area contributed by atoms with Crippen molar-refractivity contribution in [3.05, 3.63) is 53.3 Å². The number of phenolic OH excluding ortho intramolecular Hbond substituents is 1. The normalized spacial score (nSPS) is 10.4. The van der Waals surface area contributed by atoms with Gasteiger partial charge in [0.2, 0.25) is 0 Å². The summed E-state index contributed by atoms with van der Waals surface area (Å²) in [5, 5.41) is 9.65. The van der Waals surface area contributed by atoms with E-state index in [1.165, 1.54) is 0 Å². The Hall–Kier alpha value is -2.40. The minimum absolute atomic E-state index is 0.136. The van der Waals surface area contributed by atoms with Gasteiger partial charge in [-0.05, 0) is 37.6 Å². The predicted octanol–water partition coefficient (Wildman–Crippen LogP) is 2.22. The van der Waals surface area contributed by atoms with Crippen LogP contribution in [0.5, 0.6) is 5.75 Å². The second kappa shape index (κ2) is 6.37. The zero-order valence-corrected chi connectivity index (χ0v) is 12.2. The molecule has 1 aromatic heterocycles. The van der Waals surface area contributed by atoms with Crippen molar-refractivity contribution < 1.29 is 9.90 Å². The third kappa shape index (κ3) is 3.20. The molecule has 2 aromatic rings. The fraction of sp³-hybridized carbons (Fsp3) is 0.250. The molecule has 2 rings (SSSR count). The van der Waals surface area contributed by atoms with Gasteiger partial charge in [-0.1, -0.05) is 6.07 Å². The maximum Gasteiger partial charge on any atom is 0.258 e. The van der Waals surface area contributed by atoms with Gasteiger partial charge in [-0.3, -0.25) is 9.78 Å². The van der Waals surface area contributed by atoms with Crippen molar-refractivity contribution in [1.29, 1.82) is 0 Å². The largest absolute Gasteiger partial charge is 0.508 e. The number of anilines is 1. The van der Waals surface area contributed by atoms with Gasteiger partial charge in [-0.15, -0.1) is 0 Å². The molecule has 5 nitrogen and oxygen atoms in total. The first-order valence-electron chi connectivity index (χ1n) is 6.83. The van der Waals surface area contributed by atoms with Crippen LogP contribution in [0, 0.1) is 6.92 Å². The lowest BCUT2D eigenvalue weighted by atomic mass is 10.1. The molecule has 0 bridgehead atoms. The SMILES string of the molecule is CCN(C(=O)c1ccnc(CN)c1)c1cc(O)ccc1C. The Kier molecular flexibility index (Phi) is 4.55. The standard InChI is InChI=1S/C16H19N3O2/c1-3-19(15-9-14(20)5-4-11(15)2)16(21)12-6-7-18-13(8-12)10-17/h4-9,20H,3,10,17H2,1-2H3. The first-order valence-corrected chi connectivity index (χ1v) is 6.83. The molecule has 1 amide bonds. The summed E-state index contributed by atoms with van der Waals surface area (Å²) in [7, 11) is 0. The molecule has 0 aliphatic rings. The van der Waals surface area contributed by atoms with Gasteiger partial charge < -0.3 is 15.7 Å². The minimum atomic E-state index is -0.136. The number of benzene rings is 1. The molecule has 0 aliphatic carbocycles. The van der Waals surface area contributed by atoms with Gasteiger partial charge in [0.05, 0.1) is 11.4 Å². The van der Waals surface area contributed by atoms with E-state index in [0.29, 0.717) is 30.0 Å². The molecule has 0 spiro atoms. The Balaban J connectivity index is 2.40. The molecule has 0 fully saturated rings. The average molecular weight is 285 g/mol. The van der Waals surface area contributed by atoms with Crippen molar-refractivity contribution in [2.24, 2.45) is 5.73 Å². The van der Waals surface area contributed by atoms with Crippen molar-refractivity contribution in [2.45, 2.75) is 20.4 Å². The summed E-state index contributed by atoms with van der Waals surface area (Å²) in [6.45, 7) is 4.59. The van der Waals surface area contributed by atoms with Gasteiger partial charge >= 0.3 is 0 Å². The second-order valence-electron chi connectivity index (χ2n) is 4.76. The number of carbonyl (C=O) groups is 1. The van der Waals surface area contributed by atoms with Crippen molar-refractivity contribution in [2.75, 3.05) is 11.4 Å². The Labute approximate surface area is 124 Å². The number of aromatic nitrogens is 1. The fourth-order valence-corrected chi connectivity index (χ4v) is 2.19. The van der Waals surface area contributed by atoms with Crippen molar-refractivity contribution >= 4 is 11.6 Å². The summed E-state index contributed by atoms with van der Waals surface area (Å²) in [5.41, 5.74) is 8.40. The van der Waals surface area contributed by atoms with E-state index < -0.39 is 0 Å². The fourth-order valence-electron chi connectivity index (χ4n) is 2.19. The minimum Gasteiger partial charge on any atom is -0.508 e. The molecule has 5 heteroatoms. The third-order valence-corrected chi connectivity index (χ3v) is 3.32. The van der Waals surface area contributed by atoms with Crippen LogP contribution in [0.4, 0.5) is 5.69 Å². The maximum atomic E-state index is 12.7. The van der Waals surface area contributed by atoms with Crippen LogP contribution < -0.4 is 10.6 Å². The summed E-state index contributed by atoms with van der Waals surface area (Å²) in [6, 6.07) is 8.36. The molecular weight excluding hydrogens is 266 g/mol. The van der Waals surface area contributed by atoms with Crippen LogP contribution in [0.2, 0.25) is 0 Å². The summed E-state index contributed by atoms with van der Waals surface area (Å²) in [5.74, 6) is 0.00234. The Morgan fingerprint density at radius 1 is 1.33 bits per heavy atom. The number of hydrogen-bond acceptors (Lipinski definition) is 4. The number of nitrogens with zero attached hydrogens (tertiary/aromatic N) is 2. The van der Waals surface area contributed by atoms with Crippen LogP contribution in [-0.2, 0) is 6.54 Å². The van der Waals surface area contributed by atoms with Crippen LogP contribution in [-0.4, -0.2) is 22.5 Å². The van der Waals surface area contributed by atoms with Crippen LogP contribution in [0.1, 0.15) is 28.5 Å². The van der Waals surface area contributed by atoms with E-state index in [2.05, 4.69) is 4.98 Å². The molecule has 1 heterocycles. The number of hydrogen-bond donors (Lipinski definition) is 2. The molecule has 110 valence electrons. The summed E-state index contributed by atoms with van der Waals surface area (Å²) < 4.78 is 0. The lowest BCUT2D eigenvalue weighted by Gasteiger charge is -2.23. The average Bonchev–Trinajstić information content (AvgIpc) is 2.51. The van der Waals surface area contributed by atoms with Gasteiger partial charge in [0.1, 0.15) is 5.75 Å². The van der Waals surface area contributed by atoms with Gasteiger partial charge in [0.25, 0.3) is 5.91 Å². The highest BCUT2D eigenvalue weighted by atomic mass is 16.3. The highest BCUT2D eigenvalue weighted by Crippen LogP contribution is 2.26. The highest BCUT2D eigenvalue weighted by molar-refractivity contribution is 6.06. The lowest BCUT2D eigenvalue weighted by molar-refractivity contribution is 0.0988. The van der Waals surface area contributed by atoms with E-state index in [1.54, 1.807) is 41.4 Å². The molecule has 0 radical (unpaired) electrons. The zero-order chi connectivity index (χ0) is 15.4. The van der Waals surface area contributed by atoms with Gasteiger partial charge in [-0.25, -0.2) is 0 Å². The van der Waals surface area contributed by atoms with Crippen molar-refractivity contribution in [1.82, 2.24) is 4.98 Å². The van der Waals surface area contributed by atoms with Crippen molar-refractivity contribution in [3.8, 4) is 5.75 Å². The highest BCUT2D eigenvalue weighted by Gasteiger charge is 2.18. The molecule has 21 heavy (non-hydrogen) atoms. The molecule has 0 atom stereocenters. The number of carbonyl (C=O) groups excluding carboxylic acids is 1. The van der Waals surface area contributed by atoms with Crippen LogP contribution in [0.15, 0.2) is 36.5 Å². The summed E-state index contributed by atoms with van der Waals surface area (Å²) >= 11 is 0. The second-order valence-corrected chi connectivity index (χ2v) is 4.76. The zero-order valence-electron chi connectivity index (χ0n) is 12.2. The Morgan fingerprint density at radius 2 is 2.10 bits per heavy atom. The van der Waals surface area contributed by atoms with Crippen LogP contribution >= 0.6 is 0 Å². The Morgan fingerprint density at radius 3 is 2.76 bits per heavy atom. The van der Waals surface area contributed by atoms with E-state index in [-0.39, 0.29) is 11.7 Å². The number of aryl methyl sites for hydroxylation is 1. The summed E-state index contributed by atoms with van der Waals surface area (Å²) in [6.07, 6.45) is 1.58. The quantitative estimate of drug-likeness (QED) is 0.902. The number of pyridine rings is 1. The smallest absolute Gasteiger partial charge is 0.258 e. The van der Waals surface area contributed by atoms with E-state index in [1.807, 2.05) is 13.8 Å². The number of rotatable bonds is 4. The molecule has 0 aliphatic heterocycles. The topological polar surface area (TPSA) is 79.5 Å². The van der Waals surface area contributed by atoms with Crippen LogP contribution in [0.3, 0.4) is 0 Å². The molecule has 3 N–H and O–H groups in total. The monoisotopic (exact) mass is 285 g/mol. The Bertz CT molecular complexity index is 656. The molecule has 0 unspecified atom stereocenters. The van der Waals surface area contributed by atoms with E-state index in [9.17, 15) is 9.90 Å². The van der Waals surface area contributed by atoms with Crippen molar-refractivity contribution in [3.63, 3.8) is 0 Å². The predicted molar refractivity (Wildman–Crippen MR) is 82.3 cm³/mol. The number of aromatic hydroxyl groups is 1. The lowest BCUT2D eigenvalue weighted by Crippen LogP contribution is -2.31.